The molecule has 0 radical (unpaired) electrons. The molecule has 0 aliphatic carbocycles. The van der Waals surface area contributed by atoms with E-state index in [1.807, 2.05) is 66.3 Å². The molecule has 2 heterocycles. The minimum absolute atomic E-state index is 0.0827. The van der Waals surface area contributed by atoms with E-state index in [2.05, 4.69) is 24.1 Å². The quantitative estimate of drug-likeness (QED) is 0.438. The maximum Gasteiger partial charge on any atom is 0.267 e. The van der Waals surface area contributed by atoms with Crippen LogP contribution < -0.4 is 11.1 Å². The lowest BCUT2D eigenvalue weighted by Gasteiger charge is -2.23. The number of carbonyl (C=O) groups is 1. The Morgan fingerprint density at radius 3 is 2.61 bits per heavy atom. The Kier molecular flexibility index (Phi) is 6.36. The second-order valence-electron chi connectivity index (χ2n) is 7.12. The van der Waals surface area contributed by atoms with Crippen LogP contribution in [0.25, 0.3) is 11.1 Å². The number of benzene rings is 1. The summed E-state index contributed by atoms with van der Waals surface area (Å²) in [6, 6.07) is 15.4. The summed E-state index contributed by atoms with van der Waals surface area (Å²) in [5.41, 5.74) is 9.13. The highest BCUT2D eigenvalue weighted by molar-refractivity contribution is 8.77. The summed E-state index contributed by atoms with van der Waals surface area (Å²) in [4.78, 5) is 17.0. The van der Waals surface area contributed by atoms with Gasteiger partial charge in [0.15, 0.2) is 0 Å². The number of anilines is 1. The van der Waals surface area contributed by atoms with E-state index in [1.54, 1.807) is 27.8 Å². The number of pyridine rings is 1. The minimum atomic E-state index is -0.136. The fourth-order valence-corrected chi connectivity index (χ4v) is 4.67. The van der Waals surface area contributed by atoms with Crippen LogP contribution in [-0.4, -0.2) is 26.8 Å². The van der Waals surface area contributed by atoms with E-state index in [0.29, 0.717) is 12.2 Å². The van der Waals surface area contributed by atoms with Crippen LogP contribution in [-0.2, 0) is 7.05 Å². The number of amides is 1. The van der Waals surface area contributed by atoms with Crippen molar-refractivity contribution in [3.8, 4) is 11.1 Å². The number of rotatable bonds is 7. The molecule has 0 atom stereocenters. The van der Waals surface area contributed by atoms with Gasteiger partial charge in [0.2, 0.25) is 0 Å². The summed E-state index contributed by atoms with van der Waals surface area (Å²) < 4.78 is 1.71. The Bertz CT molecular complexity index is 937. The third-order valence-corrected chi connectivity index (χ3v) is 7.35. The highest BCUT2D eigenvalue weighted by atomic mass is 33.1. The molecule has 5 nitrogen and oxygen atoms in total. The fraction of sp³-hybridized carbons (Fsp3) is 0.238. The van der Waals surface area contributed by atoms with Crippen LogP contribution >= 0.6 is 21.6 Å². The molecule has 0 aliphatic heterocycles. The summed E-state index contributed by atoms with van der Waals surface area (Å²) in [6.45, 7) is 4.77. The predicted molar refractivity (Wildman–Crippen MR) is 119 cm³/mol. The van der Waals surface area contributed by atoms with Gasteiger partial charge in [-0.1, -0.05) is 29.0 Å². The first-order valence-electron chi connectivity index (χ1n) is 8.91. The van der Waals surface area contributed by atoms with Crippen molar-refractivity contribution in [2.45, 2.75) is 23.6 Å². The summed E-state index contributed by atoms with van der Waals surface area (Å²) in [7, 11) is 5.20. The number of aryl methyl sites for hydroxylation is 1. The van der Waals surface area contributed by atoms with Crippen molar-refractivity contribution in [2.24, 2.45) is 7.05 Å². The first-order chi connectivity index (χ1) is 13.3. The number of aromatic nitrogens is 2. The molecular formula is C21H24N4OS2. The lowest BCUT2D eigenvalue weighted by Crippen LogP contribution is -2.36. The standard InChI is InChI=1S/C21H24N4OS2/c1-21(2,28-27-19-6-4-5-11-23-19)14-24-20(26)18-12-16(13-25(18)3)15-7-9-17(22)10-8-15/h4-13H,14,22H2,1-3H3,(H,24,26). The molecule has 1 amide bonds. The Labute approximate surface area is 173 Å². The lowest BCUT2D eigenvalue weighted by atomic mass is 10.1. The molecule has 0 bridgehead atoms. The van der Waals surface area contributed by atoms with E-state index in [4.69, 9.17) is 5.73 Å². The molecule has 2 aromatic heterocycles. The molecule has 0 saturated heterocycles. The Balaban J connectivity index is 1.60. The minimum Gasteiger partial charge on any atom is -0.399 e. The van der Waals surface area contributed by atoms with Crippen molar-refractivity contribution in [1.82, 2.24) is 14.9 Å². The number of nitrogen functional groups attached to an aromatic ring is 1. The zero-order chi connectivity index (χ0) is 20.1. The first kappa shape index (κ1) is 20.4. The van der Waals surface area contributed by atoms with Crippen molar-refractivity contribution < 1.29 is 4.79 Å². The predicted octanol–water partition coefficient (Wildman–Crippen LogP) is 4.62. The maximum absolute atomic E-state index is 12.7. The van der Waals surface area contributed by atoms with Crippen LogP contribution in [0.3, 0.4) is 0 Å². The van der Waals surface area contributed by atoms with Crippen molar-refractivity contribution in [3.63, 3.8) is 0 Å². The molecule has 0 unspecified atom stereocenters. The molecule has 28 heavy (non-hydrogen) atoms. The normalized spacial score (nSPS) is 11.4. The van der Waals surface area contributed by atoms with Gasteiger partial charge in [-0.05, 0) is 60.5 Å². The first-order valence-corrected chi connectivity index (χ1v) is 11.1. The van der Waals surface area contributed by atoms with Crippen molar-refractivity contribution in [2.75, 3.05) is 12.3 Å². The topological polar surface area (TPSA) is 72.9 Å². The molecule has 3 N–H and O–H groups in total. The average molecular weight is 413 g/mol. The fourth-order valence-electron chi connectivity index (χ4n) is 2.59. The molecule has 3 aromatic rings. The highest BCUT2D eigenvalue weighted by Crippen LogP contribution is 2.39. The van der Waals surface area contributed by atoms with Crippen molar-refractivity contribution in [3.05, 3.63) is 66.6 Å². The third kappa shape index (κ3) is 5.33. The smallest absolute Gasteiger partial charge is 0.267 e. The largest absolute Gasteiger partial charge is 0.399 e. The molecule has 1 aromatic carbocycles. The molecule has 7 heteroatoms. The number of nitrogens with zero attached hydrogens (tertiary/aromatic N) is 2. The van der Waals surface area contributed by atoms with E-state index < -0.39 is 0 Å². The molecule has 0 spiro atoms. The Morgan fingerprint density at radius 2 is 1.93 bits per heavy atom. The number of hydrogen-bond donors (Lipinski definition) is 2. The van der Waals surface area contributed by atoms with Crippen LogP contribution in [0.4, 0.5) is 5.69 Å². The third-order valence-electron chi connectivity index (χ3n) is 4.15. The Morgan fingerprint density at radius 1 is 1.18 bits per heavy atom. The average Bonchev–Trinajstić information content (AvgIpc) is 3.08. The van der Waals surface area contributed by atoms with E-state index in [9.17, 15) is 4.79 Å². The van der Waals surface area contributed by atoms with E-state index in [0.717, 1.165) is 21.8 Å². The maximum atomic E-state index is 12.7. The van der Waals surface area contributed by atoms with Crippen LogP contribution in [0.5, 0.6) is 0 Å². The van der Waals surface area contributed by atoms with E-state index >= 15 is 0 Å². The van der Waals surface area contributed by atoms with E-state index in [-0.39, 0.29) is 10.7 Å². The van der Waals surface area contributed by atoms with Gasteiger partial charge in [0.1, 0.15) is 10.7 Å². The molecular weight excluding hydrogens is 388 g/mol. The summed E-state index contributed by atoms with van der Waals surface area (Å²) in [5, 5.41) is 4.02. The lowest BCUT2D eigenvalue weighted by molar-refractivity contribution is 0.0942. The summed E-state index contributed by atoms with van der Waals surface area (Å²) in [5.74, 6) is -0.0827. The van der Waals surface area contributed by atoms with Crippen LogP contribution in [0.1, 0.15) is 24.3 Å². The van der Waals surface area contributed by atoms with Gasteiger partial charge >= 0.3 is 0 Å². The van der Waals surface area contributed by atoms with Crippen LogP contribution in [0.15, 0.2) is 66.0 Å². The van der Waals surface area contributed by atoms with Gasteiger partial charge in [0, 0.05) is 42.0 Å². The molecule has 0 fully saturated rings. The summed E-state index contributed by atoms with van der Waals surface area (Å²) in [6.07, 6.45) is 3.74. The number of hydrogen-bond acceptors (Lipinski definition) is 5. The van der Waals surface area contributed by atoms with Crippen LogP contribution in [0.2, 0.25) is 0 Å². The molecule has 0 aliphatic rings. The number of carbonyl (C=O) groups excluding carboxylic acids is 1. The van der Waals surface area contributed by atoms with Gasteiger partial charge in [-0.15, -0.1) is 0 Å². The van der Waals surface area contributed by atoms with Gasteiger partial charge in [0.05, 0.1) is 0 Å². The molecule has 3 rings (SSSR count). The monoisotopic (exact) mass is 412 g/mol. The zero-order valence-electron chi connectivity index (χ0n) is 16.2. The van der Waals surface area contributed by atoms with Gasteiger partial charge in [-0.25, -0.2) is 4.98 Å². The van der Waals surface area contributed by atoms with Gasteiger partial charge in [-0.3, -0.25) is 4.79 Å². The van der Waals surface area contributed by atoms with Gasteiger partial charge < -0.3 is 15.6 Å². The van der Waals surface area contributed by atoms with E-state index in [1.165, 1.54) is 0 Å². The zero-order valence-corrected chi connectivity index (χ0v) is 17.8. The van der Waals surface area contributed by atoms with Gasteiger partial charge in [0.25, 0.3) is 5.91 Å². The summed E-state index contributed by atoms with van der Waals surface area (Å²) >= 11 is 0. The highest BCUT2D eigenvalue weighted by Gasteiger charge is 2.22. The second kappa shape index (κ2) is 8.75. The second-order valence-corrected chi connectivity index (χ2v) is 9.98. The SMILES string of the molecule is Cn1cc(-c2ccc(N)cc2)cc1C(=O)NCC(C)(C)SSc1ccccn1. The number of nitrogens with one attached hydrogen (secondary N) is 1. The van der Waals surface area contributed by atoms with Crippen molar-refractivity contribution >= 4 is 33.2 Å². The van der Waals surface area contributed by atoms with Gasteiger partial charge in [-0.2, -0.15) is 0 Å². The van der Waals surface area contributed by atoms with Crippen LogP contribution in [0, 0.1) is 0 Å². The molecule has 0 saturated carbocycles. The number of nitrogens with two attached hydrogens (primary N) is 1. The van der Waals surface area contributed by atoms with Crippen molar-refractivity contribution in [1.29, 1.82) is 0 Å². The Hall–Kier alpha value is -2.38. The molecule has 146 valence electrons.